The zero-order valence-corrected chi connectivity index (χ0v) is 27.3. The number of nitrogens with one attached hydrogen (secondary N) is 2. The SMILES string of the molecule is CNC(=O)c1ccc(-n2c(N[C@H](C)c3ccc(S(C)(=O)=O)cc3)nc3c(c2=O)C[C@@H](C)N(C(=O)c2ccc(Cl)c(Cl)c2)C3)cc1. The monoisotopic (exact) mass is 667 g/mol. The summed E-state index contributed by atoms with van der Waals surface area (Å²) in [5.74, 6) is -0.304. The minimum atomic E-state index is -3.37. The van der Waals surface area contributed by atoms with E-state index in [0.717, 1.165) is 11.8 Å². The number of benzene rings is 3. The quantitative estimate of drug-likeness (QED) is 0.282. The fraction of sp³-hybridized carbons (Fsp3) is 0.250. The molecule has 2 N–H and O–H groups in total. The van der Waals surface area contributed by atoms with E-state index >= 15 is 0 Å². The van der Waals surface area contributed by atoms with Crippen molar-refractivity contribution >= 4 is 50.8 Å². The number of fused-ring (bicyclic) bond motifs is 1. The Hall–Kier alpha value is -4.19. The van der Waals surface area contributed by atoms with Gasteiger partial charge in [0.05, 0.1) is 38.9 Å². The van der Waals surface area contributed by atoms with Crippen molar-refractivity contribution in [2.75, 3.05) is 18.6 Å². The Kier molecular flexibility index (Phi) is 9.06. The van der Waals surface area contributed by atoms with E-state index in [2.05, 4.69) is 10.6 Å². The van der Waals surface area contributed by atoms with Crippen molar-refractivity contribution in [3.05, 3.63) is 115 Å². The zero-order chi connectivity index (χ0) is 32.6. The molecule has 2 atom stereocenters. The number of anilines is 1. The Morgan fingerprint density at radius 2 is 1.62 bits per heavy atom. The molecule has 234 valence electrons. The summed E-state index contributed by atoms with van der Waals surface area (Å²) in [5.41, 5.74) is 2.68. The number of halogens is 2. The average Bonchev–Trinajstić information content (AvgIpc) is 3.01. The molecular formula is C32H31Cl2N5O5S. The van der Waals surface area contributed by atoms with E-state index in [0.29, 0.717) is 33.1 Å². The number of nitrogens with zero attached hydrogens (tertiary/aromatic N) is 3. The minimum Gasteiger partial charge on any atom is -0.355 e. The molecule has 0 radical (unpaired) electrons. The first kappa shape index (κ1) is 32.2. The van der Waals surface area contributed by atoms with E-state index in [4.69, 9.17) is 28.2 Å². The van der Waals surface area contributed by atoms with Gasteiger partial charge < -0.3 is 15.5 Å². The molecule has 1 aliphatic rings. The number of sulfone groups is 1. The fourth-order valence-electron chi connectivity index (χ4n) is 5.25. The van der Waals surface area contributed by atoms with Crippen LogP contribution in [-0.2, 0) is 22.8 Å². The molecule has 2 heterocycles. The Morgan fingerprint density at radius 3 is 2.22 bits per heavy atom. The summed E-state index contributed by atoms with van der Waals surface area (Å²) in [4.78, 5) is 46.6. The maximum atomic E-state index is 14.2. The van der Waals surface area contributed by atoms with Gasteiger partial charge in [0.2, 0.25) is 5.95 Å². The lowest BCUT2D eigenvalue weighted by Crippen LogP contribution is -2.46. The van der Waals surface area contributed by atoms with Crippen molar-refractivity contribution in [1.82, 2.24) is 19.8 Å². The van der Waals surface area contributed by atoms with Gasteiger partial charge in [0.25, 0.3) is 17.4 Å². The van der Waals surface area contributed by atoms with Crippen molar-refractivity contribution < 1.29 is 18.0 Å². The van der Waals surface area contributed by atoms with Crippen LogP contribution in [0.5, 0.6) is 0 Å². The van der Waals surface area contributed by atoms with Crippen LogP contribution in [0.1, 0.15) is 57.4 Å². The highest BCUT2D eigenvalue weighted by molar-refractivity contribution is 7.90. The zero-order valence-electron chi connectivity index (χ0n) is 25.0. The predicted molar refractivity (Wildman–Crippen MR) is 174 cm³/mol. The third kappa shape index (κ3) is 6.61. The van der Waals surface area contributed by atoms with Crippen molar-refractivity contribution in [3.63, 3.8) is 0 Å². The van der Waals surface area contributed by atoms with Crippen LogP contribution in [0.3, 0.4) is 0 Å². The third-order valence-electron chi connectivity index (χ3n) is 7.81. The van der Waals surface area contributed by atoms with Gasteiger partial charge in [-0.1, -0.05) is 35.3 Å². The van der Waals surface area contributed by atoms with Crippen LogP contribution in [0.2, 0.25) is 10.0 Å². The van der Waals surface area contributed by atoms with Gasteiger partial charge in [-0.3, -0.25) is 14.4 Å². The Labute approximate surface area is 270 Å². The standard InChI is InChI=1S/C32H31Cl2N5O5S/c1-18-15-25-28(17-38(18)30(41)22-9-14-26(33)27(34)16-22)37-32(36-19(2)20-7-12-24(13-8-20)45(4,43)44)39(31(25)42)23-10-5-21(6-11-23)29(40)35-3/h5-14,16,18-19H,15,17H2,1-4H3,(H,35,40)(H,36,37)/t18-,19-/m1/s1. The molecule has 0 saturated heterocycles. The van der Waals surface area contributed by atoms with E-state index in [1.165, 1.54) is 29.8 Å². The number of amides is 2. The molecule has 4 aromatic rings. The summed E-state index contributed by atoms with van der Waals surface area (Å²) >= 11 is 12.2. The molecule has 0 spiro atoms. The first-order chi connectivity index (χ1) is 21.3. The Bertz CT molecular complexity index is 1960. The van der Waals surface area contributed by atoms with E-state index < -0.39 is 15.9 Å². The number of aromatic nitrogens is 2. The topological polar surface area (TPSA) is 130 Å². The fourth-order valence-corrected chi connectivity index (χ4v) is 6.18. The predicted octanol–water partition coefficient (Wildman–Crippen LogP) is 5.06. The van der Waals surface area contributed by atoms with Gasteiger partial charge in [0, 0.05) is 36.0 Å². The molecule has 0 saturated carbocycles. The number of carbonyl (C=O) groups is 2. The number of hydrogen-bond acceptors (Lipinski definition) is 7. The van der Waals surface area contributed by atoms with Crippen LogP contribution in [0.4, 0.5) is 5.95 Å². The normalized spacial score (nSPS) is 15.2. The summed E-state index contributed by atoms with van der Waals surface area (Å²) in [5, 5.41) is 6.50. The second-order valence-corrected chi connectivity index (χ2v) is 13.8. The lowest BCUT2D eigenvalue weighted by atomic mass is 9.98. The molecule has 13 heteroatoms. The highest BCUT2D eigenvalue weighted by atomic mass is 35.5. The number of rotatable bonds is 7. The summed E-state index contributed by atoms with van der Waals surface area (Å²) in [6.07, 6.45) is 1.42. The minimum absolute atomic E-state index is 0.0907. The first-order valence-corrected chi connectivity index (χ1v) is 16.7. The van der Waals surface area contributed by atoms with Crippen molar-refractivity contribution in [3.8, 4) is 5.69 Å². The summed E-state index contributed by atoms with van der Waals surface area (Å²) in [7, 11) is -1.83. The lowest BCUT2D eigenvalue weighted by molar-refractivity contribution is 0.0653. The number of hydrogen-bond donors (Lipinski definition) is 2. The van der Waals surface area contributed by atoms with Crippen molar-refractivity contribution in [2.24, 2.45) is 0 Å². The second kappa shape index (κ2) is 12.7. The number of carbonyl (C=O) groups excluding carboxylic acids is 2. The van der Waals surface area contributed by atoms with Crippen LogP contribution in [0.25, 0.3) is 5.69 Å². The van der Waals surface area contributed by atoms with Crippen molar-refractivity contribution in [1.29, 1.82) is 0 Å². The van der Waals surface area contributed by atoms with Crippen LogP contribution in [-0.4, -0.2) is 54.0 Å². The largest absolute Gasteiger partial charge is 0.355 e. The molecule has 0 aliphatic carbocycles. The van der Waals surface area contributed by atoms with Gasteiger partial charge in [0.1, 0.15) is 0 Å². The third-order valence-corrected chi connectivity index (χ3v) is 9.68. The highest BCUT2D eigenvalue weighted by Gasteiger charge is 2.32. The highest BCUT2D eigenvalue weighted by Crippen LogP contribution is 2.29. The Balaban J connectivity index is 1.57. The smallest absolute Gasteiger partial charge is 0.263 e. The van der Waals surface area contributed by atoms with Gasteiger partial charge in [-0.05, 0) is 80.4 Å². The van der Waals surface area contributed by atoms with Gasteiger partial charge in [-0.2, -0.15) is 0 Å². The summed E-state index contributed by atoms with van der Waals surface area (Å²) < 4.78 is 25.4. The molecule has 1 aromatic heterocycles. The van der Waals surface area contributed by atoms with E-state index in [-0.39, 0.29) is 52.2 Å². The van der Waals surface area contributed by atoms with Gasteiger partial charge in [0.15, 0.2) is 9.84 Å². The lowest BCUT2D eigenvalue weighted by Gasteiger charge is -2.35. The molecule has 45 heavy (non-hydrogen) atoms. The van der Waals surface area contributed by atoms with Gasteiger partial charge >= 0.3 is 0 Å². The van der Waals surface area contributed by atoms with E-state index in [9.17, 15) is 22.8 Å². The van der Waals surface area contributed by atoms with Crippen LogP contribution in [0, 0.1) is 0 Å². The molecule has 3 aromatic carbocycles. The van der Waals surface area contributed by atoms with Crippen LogP contribution < -0.4 is 16.2 Å². The molecule has 0 fully saturated rings. The van der Waals surface area contributed by atoms with Crippen LogP contribution in [0.15, 0.2) is 76.4 Å². The summed E-state index contributed by atoms with van der Waals surface area (Å²) in [6.45, 7) is 3.82. The molecular weight excluding hydrogens is 637 g/mol. The average molecular weight is 669 g/mol. The maximum absolute atomic E-state index is 14.2. The van der Waals surface area contributed by atoms with Crippen molar-refractivity contribution in [2.45, 2.75) is 43.8 Å². The molecule has 2 amide bonds. The molecule has 10 nitrogen and oxygen atoms in total. The first-order valence-electron chi connectivity index (χ1n) is 14.1. The summed E-state index contributed by atoms with van der Waals surface area (Å²) in [6, 6.07) is 17.0. The second-order valence-electron chi connectivity index (χ2n) is 10.9. The van der Waals surface area contributed by atoms with Gasteiger partial charge in [-0.25, -0.2) is 18.0 Å². The maximum Gasteiger partial charge on any atom is 0.263 e. The molecule has 1 aliphatic heterocycles. The molecule has 5 rings (SSSR count). The van der Waals surface area contributed by atoms with E-state index in [1.807, 2.05) is 13.8 Å². The van der Waals surface area contributed by atoms with Gasteiger partial charge in [-0.15, -0.1) is 0 Å². The van der Waals surface area contributed by atoms with Crippen LogP contribution >= 0.6 is 23.2 Å². The molecule has 0 bridgehead atoms. The molecule has 0 unspecified atom stereocenters. The van der Waals surface area contributed by atoms with E-state index in [1.54, 1.807) is 53.4 Å². The Morgan fingerprint density at radius 1 is 0.978 bits per heavy atom.